The fraction of sp³-hybridized carbons (Fsp3) is 0.200. The van der Waals surface area contributed by atoms with Gasteiger partial charge in [-0.05, 0) is 66.3 Å². The van der Waals surface area contributed by atoms with Gasteiger partial charge >= 0.3 is 5.97 Å². The lowest BCUT2D eigenvalue weighted by Crippen LogP contribution is -2.16. The zero-order valence-corrected chi connectivity index (χ0v) is 23.5. The smallest absolute Gasteiger partial charge is 0.307 e. The number of nitrogens with one attached hydrogen (secondary N) is 1. The van der Waals surface area contributed by atoms with Crippen molar-refractivity contribution < 1.29 is 19.1 Å². The molecule has 2 N–H and O–H groups in total. The summed E-state index contributed by atoms with van der Waals surface area (Å²) in [6.45, 7) is 12.7. The predicted octanol–water partition coefficient (Wildman–Crippen LogP) is 8.70. The quantitative estimate of drug-likeness (QED) is 0.173. The molecule has 0 aliphatic rings. The molecule has 41 heavy (non-hydrogen) atoms. The second-order valence-corrected chi connectivity index (χ2v) is 10.5. The zero-order valence-electron chi connectivity index (χ0n) is 23.5. The number of aromatic nitrogens is 1. The van der Waals surface area contributed by atoms with E-state index in [1.165, 1.54) is 12.1 Å². The first-order valence-corrected chi connectivity index (χ1v) is 13.6. The summed E-state index contributed by atoms with van der Waals surface area (Å²) in [5, 5.41) is 12.2. The molecule has 4 rings (SSSR count). The van der Waals surface area contributed by atoms with Crippen molar-refractivity contribution in [1.29, 1.82) is 0 Å². The molecule has 0 aliphatic carbocycles. The van der Waals surface area contributed by atoms with Crippen LogP contribution in [0.2, 0.25) is 0 Å². The number of nitrogens with zero attached hydrogens (tertiary/aromatic N) is 1. The van der Waals surface area contributed by atoms with Gasteiger partial charge in [0.25, 0.3) is 5.91 Å². The second-order valence-electron chi connectivity index (χ2n) is 10.5. The van der Waals surface area contributed by atoms with Crippen LogP contribution in [-0.4, -0.2) is 21.6 Å². The molecule has 0 radical (unpaired) electrons. The minimum atomic E-state index is -0.921. The van der Waals surface area contributed by atoms with E-state index in [0.717, 1.165) is 33.7 Å². The number of carbonyl (C=O) groups is 2. The van der Waals surface area contributed by atoms with Gasteiger partial charge in [-0.3, -0.25) is 9.59 Å². The van der Waals surface area contributed by atoms with Gasteiger partial charge in [0, 0.05) is 23.5 Å². The third-order valence-electron chi connectivity index (χ3n) is 6.88. The van der Waals surface area contributed by atoms with Crippen LogP contribution in [0, 0.1) is 5.82 Å². The average molecular weight is 551 g/mol. The fourth-order valence-electron chi connectivity index (χ4n) is 5.20. The monoisotopic (exact) mass is 550 g/mol. The van der Waals surface area contributed by atoms with Crippen LogP contribution in [0.4, 0.5) is 10.1 Å². The van der Waals surface area contributed by atoms with Crippen LogP contribution < -0.4 is 5.32 Å². The van der Waals surface area contributed by atoms with Gasteiger partial charge in [0.15, 0.2) is 0 Å². The molecule has 0 aliphatic heterocycles. The number of hydrogen-bond donors (Lipinski definition) is 2. The Kier molecular flexibility index (Phi) is 9.35. The number of carboxylic acid groups (broad SMARTS) is 1. The molecule has 0 spiro atoms. The number of carboxylic acids is 1. The molecule has 3 aromatic carbocycles. The predicted molar refractivity (Wildman–Crippen MR) is 164 cm³/mol. The van der Waals surface area contributed by atoms with Gasteiger partial charge in [-0.15, -0.1) is 0 Å². The van der Waals surface area contributed by atoms with Crippen molar-refractivity contribution in [1.82, 2.24) is 4.57 Å². The van der Waals surface area contributed by atoms with E-state index in [1.54, 1.807) is 12.1 Å². The van der Waals surface area contributed by atoms with Crippen LogP contribution in [-0.2, 0) is 11.3 Å². The van der Waals surface area contributed by atoms with E-state index in [1.807, 2.05) is 60.7 Å². The van der Waals surface area contributed by atoms with E-state index in [0.29, 0.717) is 36.2 Å². The number of allylic oxidation sites excluding steroid dienone is 1. The Morgan fingerprint density at radius 1 is 0.854 bits per heavy atom. The first-order chi connectivity index (χ1) is 19.7. The number of rotatable bonds is 12. The number of benzene rings is 3. The summed E-state index contributed by atoms with van der Waals surface area (Å²) < 4.78 is 16.2. The number of para-hydroxylation sites is 1. The van der Waals surface area contributed by atoms with E-state index in [9.17, 15) is 14.0 Å². The molecule has 0 fully saturated rings. The van der Waals surface area contributed by atoms with Gasteiger partial charge in [-0.2, -0.15) is 0 Å². The van der Waals surface area contributed by atoms with Gasteiger partial charge < -0.3 is 15.0 Å². The molecule has 210 valence electrons. The van der Waals surface area contributed by atoms with Crippen molar-refractivity contribution >= 4 is 17.6 Å². The number of amides is 1. The Bertz CT molecular complexity index is 1550. The van der Waals surface area contributed by atoms with Crippen molar-refractivity contribution in [3.63, 3.8) is 0 Å². The number of halogens is 1. The lowest BCUT2D eigenvalue weighted by atomic mass is 9.94. The molecule has 1 heterocycles. The molecule has 1 aromatic heterocycles. The summed E-state index contributed by atoms with van der Waals surface area (Å²) in [7, 11) is 0. The van der Waals surface area contributed by atoms with E-state index >= 15 is 0 Å². The maximum absolute atomic E-state index is 14.1. The lowest BCUT2D eigenvalue weighted by molar-refractivity contribution is -0.136. The molecule has 5 nitrogen and oxygen atoms in total. The first kappa shape index (κ1) is 29.3. The highest BCUT2D eigenvalue weighted by molar-refractivity contribution is 6.12. The van der Waals surface area contributed by atoms with E-state index < -0.39 is 5.97 Å². The molecular weight excluding hydrogens is 515 g/mol. The molecule has 1 amide bonds. The topological polar surface area (TPSA) is 71.3 Å². The van der Waals surface area contributed by atoms with Crippen LogP contribution in [0.15, 0.2) is 109 Å². The zero-order chi connectivity index (χ0) is 29.5. The third-order valence-corrected chi connectivity index (χ3v) is 6.88. The van der Waals surface area contributed by atoms with Crippen molar-refractivity contribution in [2.75, 3.05) is 5.32 Å². The average Bonchev–Trinajstić information content (AvgIpc) is 3.28. The highest BCUT2D eigenvalue weighted by Crippen LogP contribution is 2.42. The molecule has 0 bridgehead atoms. The first-order valence-electron chi connectivity index (χ1n) is 13.6. The Morgan fingerprint density at radius 3 is 2.05 bits per heavy atom. The maximum atomic E-state index is 14.1. The molecule has 0 saturated carbocycles. The van der Waals surface area contributed by atoms with Gasteiger partial charge in [-0.1, -0.05) is 86.7 Å². The molecule has 0 saturated heterocycles. The van der Waals surface area contributed by atoms with E-state index in [-0.39, 0.29) is 24.1 Å². The normalized spacial score (nSPS) is 10.9. The Hall–Kier alpha value is -4.71. The lowest BCUT2D eigenvalue weighted by Gasteiger charge is -2.18. The number of carbonyl (C=O) groups excluding carboxylic acids is 1. The molecule has 0 atom stereocenters. The van der Waals surface area contributed by atoms with E-state index in [4.69, 9.17) is 5.11 Å². The summed E-state index contributed by atoms with van der Waals surface area (Å²) in [4.78, 5) is 25.2. The van der Waals surface area contributed by atoms with Gasteiger partial charge in [-0.25, -0.2) is 4.39 Å². The highest BCUT2D eigenvalue weighted by Gasteiger charge is 2.30. The Labute approximate surface area is 240 Å². The van der Waals surface area contributed by atoms with Crippen molar-refractivity contribution in [2.45, 2.75) is 45.6 Å². The van der Waals surface area contributed by atoms with E-state index in [2.05, 4.69) is 36.9 Å². The number of anilines is 1. The summed E-state index contributed by atoms with van der Waals surface area (Å²) in [5.74, 6) is -1.52. The Morgan fingerprint density at radius 2 is 1.46 bits per heavy atom. The van der Waals surface area contributed by atoms with Crippen molar-refractivity contribution in [3.8, 4) is 22.4 Å². The number of hydrogen-bond acceptors (Lipinski definition) is 2. The summed E-state index contributed by atoms with van der Waals surface area (Å²) in [6, 6.07) is 25.4. The summed E-state index contributed by atoms with van der Waals surface area (Å²) in [5.41, 5.74) is 6.79. The third kappa shape index (κ3) is 7.09. The molecule has 4 aromatic rings. The van der Waals surface area contributed by atoms with Gasteiger partial charge in [0.05, 0.1) is 17.7 Å². The van der Waals surface area contributed by atoms with Crippen molar-refractivity contribution in [2.24, 2.45) is 0 Å². The highest BCUT2D eigenvalue weighted by atomic mass is 19.1. The largest absolute Gasteiger partial charge is 0.481 e. The fourth-order valence-corrected chi connectivity index (χ4v) is 5.20. The Balaban J connectivity index is 1.90. The van der Waals surface area contributed by atoms with Crippen molar-refractivity contribution in [3.05, 3.63) is 126 Å². The second kappa shape index (κ2) is 13.1. The van der Waals surface area contributed by atoms with Crippen LogP contribution >= 0.6 is 0 Å². The minimum Gasteiger partial charge on any atom is -0.481 e. The van der Waals surface area contributed by atoms with Crippen LogP contribution in [0.5, 0.6) is 0 Å². The van der Waals surface area contributed by atoms with Gasteiger partial charge in [0.2, 0.25) is 0 Å². The maximum Gasteiger partial charge on any atom is 0.307 e. The standard InChI is InChI=1S/C35H35FN2O3/c1-23(2)33-32(35(41)37-29-13-9-6-10-14-29)31(26-11-7-5-8-12-26)34(27-15-17-28(36)18-16-27)38(33)20-19-24(3)21-25(4)22-30(39)40/h5-18,23H,3-4,19-22H2,1-2H3,(H,37,41)(H,39,40). The van der Waals surface area contributed by atoms with Gasteiger partial charge in [0.1, 0.15) is 5.82 Å². The minimum absolute atomic E-state index is 0.0292. The number of aliphatic carboxylic acids is 1. The summed E-state index contributed by atoms with van der Waals surface area (Å²) in [6.07, 6.45) is 0.848. The SMILES string of the molecule is C=C(CCn1c(-c2ccc(F)cc2)c(-c2ccccc2)c(C(=O)Nc2ccccc2)c1C(C)C)CC(=C)CC(=O)O. The van der Waals surface area contributed by atoms with Crippen LogP contribution in [0.25, 0.3) is 22.4 Å². The molecular formula is C35H35FN2O3. The molecule has 6 heteroatoms. The van der Waals surface area contributed by atoms with Crippen LogP contribution in [0.1, 0.15) is 55.1 Å². The molecule has 0 unspecified atom stereocenters. The summed E-state index contributed by atoms with van der Waals surface area (Å²) >= 11 is 0. The van der Waals surface area contributed by atoms with Crippen LogP contribution in [0.3, 0.4) is 0 Å².